The molecule has 1 aliphatic carbocycles. The van der Waals surface area contributed by atoms with Crippen LogP contribution >= 0.6 is 0 Å². The van der Waals surface area contributed by atoms with Crippen LogP contribution in [0.4, 0.5) is 5.82 Å². The topological polar surface area (TPSA) is 44.8 Å². The number of hydrogen-bond donors (Lipinski definition) is 0. The third kappa shape index (κ3) is 3.96. The highest BCUT2D eigenvalue weighted by molar-refractivity contribution is 5.53. The summed E-state index contributed by atoms with van der Waals surface area (Å²) in [4.78, 5) is 12.9. The van der Waals surface area contributed by atoms with Crippen molar-refractivity contribution in [2.75, 3.05) is 44.2 Å². The van der Waals surface area contributed by atoms with Crippen molar-refractivity contribution >= 4 is 11.5 Å². The van der Waals surface area contributed by atoms with Gasteiger partial charge in [0, 0.05) is 70.8 Å². The summed E-state index contributed by atoms with van der Waals surface area (Å²) in [5, 5.41) is 4.36. The van der Waals surface area contributed by atoms with E-state index in [1.54, 1.807) is 0 Å². The lowest BCUT2D eigenvalue weighted by molar-refractivity contribution is 0.0640. The van der Waals surface area contributed by atoms with Crippen molar-refractivity contribution in [3.05, 3.63) is 48.0 Å². The van der Waals surface area contributed by atoms with Gasteiger partial charge in [0.05, 0.1) is 17.9 Å². The van der Waals surface area contributed by atoms with Crippen molar-refractivity contribution in [3.8, 4) is 0 Å². The number of anilines is 1. The number of nitrogens with zero attached hydrogens (tertiary/aromatic N) is 7. The van der Waals surface area contributed by atoms with Crippen LogP contribution in [0.15, 0.2) is 36.8 Å². The van der Waals surface area contributed by atoms with Crippen LogP contribution in [0.5, 0.6) is 0 Å². The van der Waals surface area contributed by atoms with E-state index in [1.165, 1.54) is 49.3 Å². The zero-order valence-electron chi connectivity index (χ0n) is 18.5. The minimum Gasteiger partial charge on any atom is -0.358 e. The summed E-state index contributed by atoms with van der Waals surface area (Å²) in [5.74, 6) is 2.19. The Morgan fingerprint density at radius 2 is 1.90 bits per heavy atom. The average molecular weight is 420 g/mol. The lowest BCUT2D eigenvalue weighted by atomic mass is 10.1. The molecular weight excluding hydrogens is 386 g/mol. The number of aromatic nitrogens is 4. The van der Waals surface area contributed by atoms with Gasteiger partial charge in [-0.15, -0.1) is 0 Å². The van der Waals surface area contributed by atoms with Crippen molar-refractivity contribution in [2.24, 2.45) is 13.0 Å². The van der Waals surface area contributed by atoms with E-state index in [0.717, 1.165) is 50.8 Å². The molecule has 0 aromatic carbocycles. The van der Waals surface area contributed by atoms with Gasteiger partial charge in [-0.1, -0.05) is 6.07 Å². The molecule has 0 unspecified atom stereocenters. The Morgan fingerprint density at radius 1 is 1.03 bits per heavy atom. The molecule has 7 heteroatoms. The maximum absolute atomic E-state index is 5.14. The Kier molecular flexibility index (Phi) is 4.95. The molecule has 7 nitrogen and oxygen atoms in total. The molecule has 5 heterocycles. The number of hydrogen-bond acceptors (Lipinski definition) is 5. The molecular formula is C24H33N7. The van der Waals surface area contributed by atoms with Crippen LogP contribution in [0.1, 0.15) is 43.0 Å². The van der Waals surface area contributed by atoms with Gasteiger partial charge < -0.3 is 4.90 Å². The Bertz CT molecular complexity index is 1040. The van der Waals surface area contributed by atoms with E-state index in [9.17, 15) is 0 Å². The molecule has 3 aromatic heterocycles. The lowest BCUT2D eigenvalue weighted by Gasteiger charge is -2.40. The maximum Gasteiger partial charge on any atom is 0.138 e. The monoisotopic (exact) mass is 419 g/mol. The fourth-order valence-corrected chi connectivity index (χ4v) is 5.34. The SMILES string of the molecule is Cn1cc(CN2CCN(CC3CC3)[C@@H](c3cn4c(N5CCCC5)cccc4n3)C2)cn1. The maximum atomic E-state index is 5.14. The number of fused-ring (bicyclic) bond motifs is 1. The second kappa shape index (κ2) is 7.95. The first-order valence-corrected chi connectivity index (χ1v) is 11.9. The van der Waals surface area contributed by atoms with E-state index < -0.39 is 0 Å². The highest BCUT2D eigenvalue weighted by Gasteiger charge is 2.34. The normalized spacial score (nSPS) is 23.3. The highest BCUT2D eigenvalue weighted by Crippen LogP contribution is 2.35. The minimum absolute atomic E-state index is 0.359. The van der Waals surface area contributed by atoms with Crippen LogP contribution in [0.25, 0.3) is 5.65 Å². The van der Waals surface area contributed by atoms with Gasteiger partial charge in [0.25, 0.3) is 0 Å². The van der Waals surface area contributed by atoms with Crippen molar-refractivity contribution in [1.82, 2.24) is 29.0 Å². The number of pyridine rings is 1. The zero-order chi connectivity index (χ0) is 20.8. The molecule has 0 bridgehead atoms. The van der Waals surface area contributed by atoms with Crippen molar-refractivity contribution < 1.29 is 0 Å². The van der Waals surface area contributed by atoms with Gasteiger partial charge in [0.15, 0.2) is 0 Å². The van der Waals surface area contributed by atoms with Crippen molar-refractivity contribution in [2.45, 2.75) is 38.3 Å². The molecule has 0 spiro atoms. The molecule has 2 saturated heterocycles. The molecule has 2 aliphatic heterocycles. The molecule has 0 amide bonds. The van der Waals surface area contributed by atoms with Gasteiger partial charge in [-0.3, -0.25) is 18.9 Å². The summed E-state index contributed by atoms with van der Waals surface area (Å²) in [7, 11) is 1.99. The van der Waals surface area contributed by atoms with Gasteiger partial charge in [-0.25, -0.2) is 4.98 Å². The van der Waals surface area contributed by atoms with Crippen LogP contribution < -0.4 is 4.90 Å². The predicted molar refractivity (Wildman–Crippen MR) is 122 cm³/mol. The number of imidazole rings is 1. The van der Waals surface area contributed by atoms with Gasteiger partial charge in [0.2, 0.25) is 0 Å². The molecule has 3 aliphatic rings. The molecule has 164 valence electrons. The third-order valence-corrected chi connectivity index (χ3v) is 7.19. The average Bonchev–Trinajstić information content (AvgIpc) is 3.16. The molecule has 3 fully saturated rings. The van der Waals surface area contributed by atoms with E-state index in [1.807, 2.05) is 17.9 Å². The Morgan fingerprint density at radius 3 is 2.68 bits per heavy atom. The van der Waals surface area contributed by atoms with E-state index in [2.05, 4.69) is 54.8 Å². The van der Waals surface area contributed by atoms with Gasteiger partial charge in [-0.2, -0.15) is 5.10 Å². The molecule has 1 saturated carbocycles. The molecule has 0 radical (unpaired) electrons. The summed E-state index contributed by atoms with van der Waals surface area (Å²) in [6.07, 6.45) is 11.8. The van der Waals surface area contributed by atoms with E-state index in [4.69, 9.17) is 4.98 Å². The van der Waals surface area contributed by atoms with Crippen molar-refractivity contribution in [1.29, 1.82) is 0 Å². The standard InChI is InChI=1S/C24H33N7/c1-27-14-20(13-25-27)15-28-11-12-30(16-19-7-8-19)22(18-28)21-17-31-23(26-21)5-4-6-24(31)29-9-2-3-10-29/h4-6,13-14,17,19,22H,2-3,7-12,15-16,18H2,1H3/t22-/m1/s1. The lowest BCUT2D eigenvalue weighted by Crippen LogP contribution is -2.48. The predicted octanol–water partition coefficient (Wildman–Crippen LogP) is 2.94. The second-order valence-corrected chi connectivity index (χ2v) is 9.68. The number of aryl methyl sites for hydroxylation is 1. The minimum atomic E-state index is 0.359. The summed E-state index contributed by atoms with van der Waals surface area (Å²) in [5.41, 5.74) is 3.60. The van der Waals surface area contributed by atoms with Gasteiger partial charge in [-0.05, 0) is 43.7 Å². The summed E-state index contributed by atoms with van der Waals surface area (Å²) < 4.78 is 4.23. The second-order valence-electron chi connectivity index (χ2n) is 9.68. The first kappa shape index (κ1) is 19.3. The number of piperazine rings is 1. The largest absolute Gasteiger partial charge is 0.358 e. The highest BCUT2D eigenvalue weighted by atomic mass is 15.3. The first-order valence-electron chi connectivity index (χ1n) is 11.9. The Hall–Kier alpha value is -2.38. The molecule has 31 heavy (non-hydrogen) atoms. The fraction of sp³-hybridized carbons (Fsp3) is 0.583. The van der Waals surface area contributed by atoms with Gasteiger partial charge in [0.1, 0.15) is 11.5 Å². The van der Waals surface area contributed by atoms with Crippen LogP contribution in [0, 0.1) is 5.92 Å². The quantitative estimate of drug-likeness (QED) is 0.615. The van der Waals surface area contributed by atoms with Crippen LogP contribution in [-0.4, -0.2) is 68.2 Å². The summed E-state index contributed by atoms with van der Waals surface area (Å²) in [6.45, 7) is 7.76. The molecule has 0 N–H and O–H groups in total. The summed E-state index contributed by atoms with van der Waals surface area (Å²) >= 11 is 0. The molecule has 1 atom stereocenters. The zero-order valence-corrected chi connectivity index (χ0v) is 18.5. The first-order chi connectivity index (χ1) is 15.2. The van der Waals surface area contributed by atoms with Crippen LogP contribution in [0.3, 0.4) is 0 Å². The smallest absolute Gasteiger partial charge is 0.138 e. The van der Waals surface area contributed by atoms with E-state index in [-0.39, 0.29) is 0 Å². The fourth-order valence-electron chi connectivity index (χ4n) is 5.34. The Balaban J connectivity index is 1.29. The summed E-state index contributed by atoms with van der Waals surface area (Å²) in [6, 6.07) is 6.93. The van der Waals surface area contributed by atoms with Gasteiger partial charge >= 0.3 is 0 Å². The van der Waals surface area contributed by atoms with E-state index in [0.29, 0.717) is 6.04 Å². The Labute approximate surface area is 184 Å². The van der Waals surface area contributed by atoms with E-state index >= 15 is 0 Å². The van der Waals surface area contributed by atoms with Crippen molar-refractivity contribution in [3.63, 3.8) is 0 Å². The molecule has 3 aromatic rings. The molecule has 6 rings (SSSR count). The van der Waals surface area contributed by atoms with Crippen LogP contribution in [0.2, 0.25) is 0 Å². The third-order valence-electron chi connectivity index (χ3n) is 7.19. The number of rotatable bonds is 6. The van der Waals surface area contributed by atoms with Crippen LogP contribution in [-0.2, 0) is 13.6 Å².